The number of aliphatic hydroxyl groups excluding tert-OH is 1. The first-order valence-electron chi connectivity index (χ1n) is 5.36. The fourth-order valence-electron chi connectivity index (χ4n) is 1.73. The molecule has 0 saturated heterocycles. The van der Waals surface area contributed by atoms with Crippen LogP contribution >= 0.6 is 11.6 Å². The van der Waals surface area contributed by atoms with E-state index < -0.39 is 0 Å². The Hall–Kier alpha value is -1.38. The Bertz CT molecular complexity index is 525. The summed E-state index contributed by atoms with van der Waals surface area (Å²) in [5, 5.41) is 9.46. The van der Waals surface area contributed by atoms with Gasteiger partial charge in [-0.3, -0.25) is 0 Å². The van der Waals surface area contributed by atoms with E-state index in [1.165, 1.54) is 6.07 Å². The zero-order valence-corrected chi connectivity index (χ0v) is 9.91. The van der Waals surface area contributed by atoms with Crippen molar-refractivity contribution in [2.75, 3.05) is 6.61 Å². The molecular formula is C14H12ClFO. The SMILES string of the molecule is OCCc1ccc(F)c(-c2cccc(Cl)c2)c1. The third kappa shape index (κ3) is 2.84. The summed E-state index contributed by atoms with van der Waals surface area (Å²) in [6.07, 6.45) is 0.522. The second kappa shape index (κ2) is 5.30. The monoisotopic (exact) mass is 250 g/mol. The number of halogens is 2. The molecule has 0 aliphatic carbocycles. The first-order chi connectivity index (χ1) is 8.20. The highest BCUT2D eigenvalue weighted by molar-refractivity contribution is 6.30. The minimum absolute atomic E-state index is 0.0562. The molecule has 0 unspecified atom stereocenters. The summed E-state index contributed by atoms with van der Waals surface area (Å²) in [7, 11) is 0. The van der Waals surface area contributed by atoms with Crippen LogP contribution in [0.2, 0.25) is 5.02 Å². The lowest BCUT2D eigenvalue weighted by atomic mass is 10.0. The van der Waals surface area contributed by atoms with Crippen LogP contribution in [-0.4, -0.2) is 11.7 Å². The van der Waals surface area contributed by atoms with Crippen molar-refractivity contribution in [2.45, 2.75) is 6.42 Å². The van der Waals surface area contributed by atoms with Crippen molar-refractivity contribution in [1.29, 1.82) is 0 Å². The molecule has 0 aliphatic heterocycles. The Morgan fingerprint density at radius 3 is 2.65 bits per heavy atom. The second-order valence-electron chi connectivity index (χ2n) is 3.80. The summed E-state index contributed by atoms with van der Waals surface area (Å²) < 4.78 is 13.7. The molecule has 0 aromatic heterocycles. The van der Waals surface area contributed by atoms with Gasteiger partial charge < -0.3 is 5.11 Å². The Morgan fingerprint density at radius 2 is 1.94 bits per heavy atom. The van der Waals surface area contributed by atoms with Gasteiger partial charge in [0, 0.05) is 17.2 Å². The molecule has 2 rings (SSSR count). The van der Waals surface area contributed by atoms with E-state index in [0.717, 1.165) is 11.1 Å². The van der Waals surface area contributed by atoms with Crippen molar-refractivity contribution in [1.82, 2.24) is 0 Å². The lowest BCUT2D eigenvalue weighted by Gasteiger charge is -2.06. The third-order valence-corrected chi connectivity index (χ3v) is 2.80. The minimum Gasteiger partial charge on any atom is -0.396 e. The maximum Gasteiger partial charge on any atom is 0.131 e. The number of aliphatic hydroxyl groups is 1. The zero-order valence-electron chi connectivity index (χ0n) is 9.16. The fraction of sp³-hybridized carbons (Fsp3) is 0.143. The van der Waals surface area contributed by atoms with Gasteiger partial charge in [0.15, 0.2) is 0 Å². The molecule has 1 N–H and O–H groups in total. The van der Waals surface area contributed by atoms with Crippen molar-refractivity contribution in [2.24, 2.45) is 0 Å². The first-order valence-corrected chi connectivity index (χ1v) is 5.74. The van der Waals surface area contributed by atoms with Crippen LogP contribution in [0.5, 0.6) is 0 Å². The van der Waals surface area contributed by atoms with E-state index in [2.05, 4.69) is 0 Å². The van der Waals surface area contributed by atoms with E-state index in [1.807, 2.05) is 6.07 Å². The first kappa shape index (κ1) is 12.1. The molecule has 0 heterocycles. The molecular weight excluding hydrogens is 239 g/mol. The maximum atomic E-state index is 13.7. The van der Waals surface area contributed by atoms with Crippen LogP contribution in [0.25, 0.3) is 11.1 Å². The number of hydrogen-bond acceptors (Lipinski definition) is 1. The van der Waals surface area contributed by atoms with Gasteiger partial charge in [-0.1, -0.05) is 29.8 Å². The fourth-order valence-corrected chi connectivity index (χ4v) is 1.92. The standard InChI is InChI=1S/C14H12ClFO/c15-12-3-1-2-11(9-12)13-8-10(6-7-17)4-5-14(13)16/h1-5,8-9,17H,6-7H2. The van der Waals surface area contributed by atoms with Crippen LogP contribution in [0.4, 0.5) is 4.39 Å². The van der Waals surface area contributed by atoms with Gasteiger partial charge in [-0.15, -0.1) is 0 Å². The lowest BCUT2D eigenvalue weighted by molar-refractivity contribution is 0.299. The van der Waals surface area contributed by atoms with Gasteiger partial charge in [0.05, 0.1) is 0 Å². The second-order valence-corrected chi connectivity index (χ2v) is 4.23. The van der Waals surface area contributed by atoms with Gasteiger partial charge in [-0.25, -0.2) is 4.39 Å². The van der Waals surface area contributed by atoms with Crippen LogP contribution in [0.1, 0.15) is 5.56 Å². The van der Waals surface area contributed by atoms with Gasteiger partial charge in [-0.2, -0.15) is 0 Å². The summed E-state index contributed by atoms with van der Waals surface area (Å²) in [5.41, 5.74) is 2.16. The summed E-state index contributed by atoms with van der Waals surface area (Å²) in [6.45, 7) is 0.0562. The summed E-state index contributed by atoms with van der Waals surface area (Å²) >= 11 is 5.89. The van der Waals surface area contributed by atoms with Crippen molar-refractivity contribution < 1.29 is 9.50 Å². The highest BCUT2D eigenvalue weighted by atomic mass is 35.5. The largest absolute Gasteiger partial charge is 0.396 e. The molecule has 0 spiro atoms. The highest BCUT2D eigenvalue weighted by Crippen LogP contribution is 2.26. The summed E-state index contributed by atoms with van der Waals surface area (Å²) in [6, 6.07) is 11.9. The van der Waals surface area contributed by atoms with E-state index in [-0.39, 0.29) is 12.4 Å². The van der Waals surface area contributed by atoms with Gasteiger partial charge in [0.25, 0.3) is 0 Å². The van der Waals surface area contributed by atoms with E-state index in [4.69, 9.17) is 16.7 Å². The molecule has 0 amide bonds. The molecule has 0 bridgehead atoms. The van der Waals surface area contributed by atoms with Crippen LogP contribution in [0.15, 0.2) is 42.5 Å². The van der Waals surface area contributed by atoms with Gasteiger partial charge >= 0.3 is 0 Å². The normalized spacial score (nSPS) is 10.5. The molecule has 1 nitrogen and oxygen atoms in total. The smallest absolute Gasteiger partial charge is 0.131 e. The number of benzene rings is 2. The number of rotatable bonds is 3. The summed E-state index contributed by atoms with van der Waals surface area (Å²) in [5.74, 6) is -0.283. The topological polar surface area (TPSA) is 20.2 Å². The molecule has 0 atom stereocenters. The molecule has 17 heavy (non-hydrogen) atoms. The Balaban J connectivity index is 2.46. The molecule has 0 fully saturated rings. The average molecular weight is 251 g/mol. The van der Waals surface area contributed by atoms with Gasteiger partial charge in [0.1, 0.15) is 5.82 Å². The molecule has 0 saturated carbocycles. The lowest BCUT2D eigenvalue weighted by Crippen LogP contribution is -1.93. The van der Waals surface area contributed by atoms with Crippen molar-refractivity contribution in [3.8, 4) is 11.1 Å². The average Bonchev–Trinajstić information content (AvgIpc) is 2.32. The Labute approximate surface area is 104 Å². The third-order valence-electron chi connectivity index (χ3n) is 2.57. The molecule has 3 heteroatoms. The minimum atomic E-state index is -0.283. The zero-order chi connectivity index (χ0) is 12.3. The van der Waals surface area contributed by atoms with Crippen LogP contribution in [0, 0.1) is 5.82 Å². The van der Waals surface area contributed by atoms with E-state index in [1.54, 1.807) is 30.3 Å². The van der Waals surface area contributed by atoms with Crippen molar-refractivity contribution >= 4 is 11.6 Å². The predicted octanol–water partition coefficient (Wildman–Crippen LogP) is 3.68. The van der Waals surface area contributed by atoms with Crippen LogP contribution < -0.4 is 0 Å². The molecule has 0 aliphatic rings. The van der Waals surface area contributed by atoms with Crippen molar-refractivity contribution in [3.05, 3.63) is 58.9 Å². The van der Waals surface area contributed by atoms with Crippen LogP contribution in [-0.2, 0) is 6.42 Å². The van der Waals surface area contributed by atoms with Gasteiger partial charge in [-0.05, 0) is 41.8 Å². The highest BCUT2D eigenvalue weighted by Gasteiger charge is 2.06. The molecule has 2 aromatic rings. The molecule has 0 radical (unpaired) electrons. The van der Waals surface area contributed by atoms with E-state index in [9.17, 15) is 4.39 Å². The molecule has 2 aromatic carbocycles. The molecule has 88 valence electrons. The van der Waals surface area contributed by atoms with Crippen molar-refractivity contribution in [3.63, 3.8) is 0 Å². The van der Waals surface area contributed by atoms with Crippen LogP contribution in [0.3, 0.4) is 0 Å². The Morgan fingerprint density at radius 1 is 1.12 bits per heavy atom. The van der Waals surface area contributed by atoms with E-state index in [0.29, 0.717) is 17.0 Å². The maximum absolute atomic E-state index is 13.7. The number of hydrogen-bond donors (Lipinski definition) is 1. The Kier molecular flexibility index (Phi) is 3.77. The van der Waals surface area contributed by atoms with E-state index >= 15 is 0 Å². The van der Waals surface area contributed by atoms with Gasteiger partial charge in [0.2, 0.25) is 0 Å². The summed E-state index contributed by atoms with van der Waals surface area (Å²) in [4.78, 5) is 0. The predicted molar refractivity (Wildman–Crippen MR) is 67.6 cm³/mol. The quantitative estimate of drug-likeness (QED) is 0.881.